The Bertz CT molecular complexity index is 969. The molecule has 1 aromatic carbocycles. The molecule has 1 aliphatic heterocycles. The van der Waals surface area contributed by atoms with Gasteiger partial charge in [0.15, 0.2) is 0 Å². The quantitative estimate of drug-likeness (QED) is 0.816. The second kappa shape index (κ2) is 6.95. The maximum atomic E-state index is 9.82. The Morgan fingerprint density at radius 2 is 2.21 bits per heavy atom. The fraction of sp³-hybridized carbons (Fsp3) is 0.476. The fourth-order valence-corrected chi connectivity index (χ4v) is 4.36. The first-order valence-electron chi connectivity index (χ1n) is 9.56. The van der Waals surface area contributed by atoms with Gasteiger partial charge in [-0.25, -0.2) is 0 Å². The third kappa shape index (κ3) is 2.76. The molecule has 0 unspecified atom stereocenters. The van der Waals surface area contributed by atoms with E-state index in [2.05, 4.69) is 23.0 Å². The molecule has 4 rings (SSSR count). The van der Waals surface area contributed by atoms with Crippen molar-refractivity contribution in [2.75, 3.05) is 19.5 Å². The van der Waals surface area contributed by atoms with Crippen LogP contribution >= 0.6 is 0 Å². The number of nitrogens with two attached hydrogens (primary N) is 1. The number of aromatic nitrogens is 2. The van der Waals surface area contributed by atoms with Crippen LogP contribution in [0.5, 0.6) is 11.9 Å². The zero-order chi connectivity index (χ0) is 19.9. The summed E-state index contributed by atoms with van der Waals surface area (Å²) in [5, 5.41) is 9.82. The van der Waals surface area contributed by atoms with Gasteiger partial charge in [-0.05, 0) is 37.3 Å². The van der Waals surface area contributed by atoms with Crippen LogP contribution in [0.25, 0.3) is 0 Å². The van der Waals surface area contributed by atoms with Crippen LogP contribution in [0.15, 0.2) is 12.1 Å². The van der Waals surface area contributed by atoms with Crippen LogP contribution < -0.4 is 15.2 Å². The minimum atomic E-state index is -0.627. The number of hydrogen-bond acceptors (Lipinski definition) is 7. The van der Waals surface area contributed by atoms with Gasteiger partial charge in [-0.2, -0.15) is 15.2 Å². The van der Waals surface area contributed by atoms with Crippen molar-refractivity contribution in [3.05, 3.63) is 40.1 Å². The molecule has 28 heavy (non-hydrogen) atoms. The Hall–Kier alpha value is -2.85. The molecule has 1 aliphatic carbocycles. The molecule has 1 aromatic heterocycles. The molecule has 0 saturated heterocycles. The molecule has 2 aliphatic rings. The Morgan fingerprint density at radius 3 is 2.93 bits per heavy atom. The molecule has 1 spiro atoms. The van der Waals surface area contributed by atoms with Gasteiger partial charge in [0.25, 0.3) is 0 Å². The summed E-state index contributed by atoms with van der Waals surface area (Å²) in [6, 6.07) is 6.43. The molecule has 2 atom stereocenters. The van der Waals surface area contributed by atoms with Crippen molar-refractivity contribution in [1.29, 1.82) is 5.26 Å². The number of benzene rings is 1. The van der Waals surface area contributed by atoms with E-state index in [1.165, 1.54) is 0 Å². The fourth-order valence-electron chi connectivity index (χ4n) is 4.36. The van der Waals surface area contributed by atoms with Crippen LogP contribution in [0.2, 0.25) is 0 Å². The van der Waals surface area contributed by atoms with Crippen molar-refractivity contribution in [3.8, 4) is 18.0 Å². The number of rotatable bonds is 3. The molecule has 7 heteroatoms. The highest BCUT2D eigenvalue weighted by atomic mass is 16.5. The normalized spacial score (nSPS) is 22.9. The van der Waals surface area contributed by atoms with Gasteiger partial charge >= 0.3 is 6.01 Å². The highest BCUT2D eigenvalue weighted by molar-refractivity contribution is 5.63. The summed E-state index contributed by atoms with van der Waals surface area (Å²) in [4.78, 5) is 8.91. The van der Waals surface area contributed by atoms with Gasteiger partial charge in [-0.15, -0.1) is 0 Å². The van der Waals surface area contributed by atoms with E-state index >= 15 is 0 Å². The maximum Gasteiger partial charge on any atom is 0.319 e. The average Bonchev–Trinajstić information content (AvgIpc) is 2.70. The number of hydrogen-bond donors (Lipinski definition) is 1. The van der Waals surface area contributed by atoms with Crippen LogP contribution in [0.1, 0.15) is 60.6 Å². The Morgan fingerprint density at radius 1 is 1.39 bits per heavy atom. The van der Waals surface area contributed by atoms with E-state index in [1.807, 2.05) is 19.1 Å². The van der Waals surface area contributed by atoms with Crippen molar-refractivity contribution in [2.24, 2.45) is 0 Å². The Balaban J connectivity index is 1.88. The summed E-state index contributed by atoms with van der Waals surface area (Å²) in [5.74, 6) is 0.842. The van der Waals surface area contributed by atoms with Crippen LogP contribution in [-0.4, -0.2) is 23.7 Å². The molecule has 2 aromatic rings. The highest BCUT2D eigenvalue weighted by Gasteiger charge is 2.46. The lowest BCUT2D eigenvalue weighted by molar-refractivity contribution is -0.0883. The predicted octanol–water partition coefficient (Wildman–Crippen LogP) is 3.20. The topological polar surface area (TPSA) is 103 Å². The van der Waals surface area contributed by atoms with Gasteiger partial charge in [0.1, 0.15) is 11.7 Å². The maximum absolute atomic E-state index is 9.82. The van der Waals surface area contributed by atoms with Crippen molar-refractivity contribution in [1.82, 2.24) is 9.97 Å². The highest BCUT2D eigenvalue weighted by Crippen LogP contribution is 2.50. The van der Waals surface area contributed by atoms with Crippen molar-refractivity contribution in [2.45, 2.75) is 51.2 Å². The molecule has 0 radical (unpaired) electrons. The van der Waals surface area contributed by atoms with Crippen LogP contribution in [0.4, 0.5) is 5.69 Å². The summed E-state index contributed by atoms with van der Waals surface area (Å²) in [5.41, 5.74) is 10.2. The van der Waals surface area contributed by atoms with E-state index in [0.717, 1.165) is 35.2 Å². The molecule has 0 fully saturated rings. The number of methoxy groups -OCH3 is 1. The summed E-state index contributed by atoms with van der Waals surface area (Å²) in [6.45, 7) is 4.90. The van der Waals surface area contributed by atoms with Gasteiger partial charge < -0.3 is 19.9 Å². The first-order valence-corrected chi connectivity index (χ1v) is 9.56. The molecule has 146 valence electrons. The van der Waals surface area contributed by atoms with Gasteiger partial charge in [0.2, 0.25) is 5.88 Å². The zero-order valence-corrected chi connectivity index (χ0v) is 16.4. The van der Waals surface area contributed by atoms with Gasteiger partial charge in [-0.3, -0.25) is 0 Å². The molecule has 0 amide bonds. The lowest BCUT2D eigenvalue weighted by atomic mass is 9.69. The van der Waals surface area contributed by atoms with Crippen molar-refractivity contribution < 1.29 is 14.2 Å². The number of ether oxygens (including phenoxy) is 3. The van der Waals surface area contributed by atoms with E-state index in [-0.39, 0.29) is 6.01 Å². The average molecular weight is 380 g/mol. The van der Waals surface area contributed by atoms with E-state index in [0.29, 0.717) is 42.7 Å². The lowest BCUT2D eigenvalue weighted by Crippen LogP contribution is -2.41. The zero-order valence-electron chi connectivity index (χ0n) is 16.4. The summed E-state index contributed by atoms with van der Waals surface area (Å²) in [7, 11) is 1.54. The van der Waals surface area contributed by atoms with Crippen LogP contribution in [0.3, 0.4) is 0 Å². The first kappa shape index (κ1) is 18.5. The minimum Gasteiger partial charge on any atom is -0.478 e. The molecular weight excluding hydrogens is 356 g/mol. The third-order valence-electron chi connectivity index (χ3n) is 5.79. The molecule has 0 saturated carbocycles. The van der Waals surface area contributed by atoms with Crippen molar-refractivity contribution >= 4 is 5.69 Å². The number of nitrogen functional groups attached to an aromatic ring is 1. The molecule has 7 nitrogen and oxygen atoms in total. The lowest BCUT2D eigenvalue weighted by Gasteiger charge is -2.44. The summed E-state index contributed by atoms with van der Waals surface area (Å²) in [6.07, 6.45) is 2.30. The largest absolute Gasteiger partial charge is 0.478 e. The summed E-state index contributed by atoms with van der Waals surface area (Å²) >= 11 is 0. The van der Waals surface area contributed by atoms with E-state index < -0.39 is 5.60 Å². The number of fused-ring (bicyclic) bond motifs is 3. The standard InChI is InChI=1S/C21H24N4O3/c1-4-27-19-15-11-28-21(9-17(15)24-20(25-19)26-3)8-7-12(2)13-5-6-16(23)14(10-22)18(13)21/h5-6,12H,4,7-9,11,23H2,1-3H3/t12-,21-/m0/s1. The van der Waals surface area contributed by atoms with Crippen molar-refractivity contribution in [3.63, 3.8) is 0 Å². The van der Waals surface area contributed by atoms with Crippen LogP contribution in [0, 0.1) is 11.3 Å². The number of nitriles is 1. The second-order valence-corrected chi connectivity index (χ2v) is 7.38. The molecule has 0 bridgehead atoms. The number of anilines is 1. The first-order chi connectivity index (χ1) is 13.5. The number of nitrogens with zero attached hydrogens (tertiary/aromatic N) is 3. The Labute approximate surface area is 164 Å². The van der Waals surface area contributed by atoms with Gasteiger partial charge in [0.05, 0.1) is 37.1 Å². The SMILES string of the molecule is CCOc1nc(OC)nc2c1CO[C@@]1(CC[C@H](C)c3ccc(N)c(C#N)c31)C2. The smallest absolute Gasteiger partial charge is 0.319 e. The Kier molecular flexibility index (Phi) is 4.60. The van der Waals surface area contributed by atoms with Gasteiger partial charge in [-0.1, -0.05) is 13.0 Å². The third-order valence-corrected chi connectivity index (χ3v) is 5.79. The van der Waals surface area contributed by atoms with Crippen LogP contribution in [-0.2, 0) is 23.4 Å². The molecule has 2 N–H and O–H groups in total. The second-order valence-electron chi connectivity index (χ2n) is 7.38. The monoisotopic (exact) mass is 380 g/mol. The predicted molar refractivity (Wildman–Crippen MR) is 103 cm³/mol. The van der Waals surface area contributed by atoms with E-state index in [9.17, 15) is 5.26 Å². The van der Waals surface area contributed by atoms with E-state index in [1.54, 1.807) is 7.11 Å². The minimum absolute atomic E-state index is 0.275. The van der Waals surface area contributed by atoms with E-state index in [4.69, 9.17) is 19.9 Å². The summed E-state index contributed by atoms with van der Waals surface area (Å²) < 4.78 is 17.4. The van der Waals surface area contributed by atoms with Gasteiger partial charge in [0, 0.05) is 17.7 Å². The molecular formula is C21H24N4O3. The molecule has 2 heterocycles.